The number of hydrogen-bond acceptors (Lipinski definition) is 2. The van der Waals surface area contributed by atoms with Crippen LogP contribution in [0.25, 0.3) is 0 Å². The number of nitrogens with one attached hydrogen (secondary N) is 4. The maximum atomic E-state index is 13.0. The Bertz CT molecular complexity index is 827. The molecular formula is C29H46N4O2. The number of amides is 4. The molecule has 2 atom stereocenters. The van der Waals surface area contributed by atoms with Crippen molar-refractivity contribution in [1.82, 2.24) is 21.3 Å². The molecule has 194 valence electrons. The number of carbonyl (C=O) groups excluding carboxylic acids is 2. The molecule has 4 N–H and O–H groups in total. The maximum Gasteiger partial charge on any atom is 0.315 e. The molecular weight excluding hydrogens is 436 g/mol. The van der Waals surface area contributed by atoms with Gasteiger partial charge in [0.2, 0.25) is 0 Å². The normalized spacial score (nSPS) is 49.9. The average molecular weight is 483 g/mol. The summed E-state index contributed by atoms with van der Waals surface area (Å²) < 4.78 is 0. The third-order valence-corrected chi connectivity index (χ3v) is 12.1. The van der Waals surface area contributed by atoms with Crippen LogP contribution in [0.2, 0.25) is 0 Å². The molecule has 0 heterocycles. The van der Waals surface area contributed by atoms with Crippen molar-refractivity contribution in [3.63, 3.8) is 0 Å². The zero-order valence-corrected chi connectivity index (χ0v) is 21.8. The van der Waals surface area contributed by atoms with Gasteiger partial charge in [0.1, 0.15) is 0 Å². The van der Waals surface area contributed by atoms with E-state index in [0.717, 1.165) is 41.9 Å². The first kappa shape index (κ1) is 22.7. The van der Waals surface area contributed by atoms with E-state index in [1.165, 1.54) is 77.0 Å². The summed E-state index contributed by atoms with van der Waals surface area (Å²) in [6.07, 6.45) is 16.4. The Morgan fingerprint density at radius 3 is 1.43 bits per heavy atom. The molecule has 0 aliphatic heterocycles. The fourth-order valence-electron chi connectivity index (χ4n) is 11.1. The van der Waals surface area contributed by atoms with Crippen molar-refractivity contribution in [2.75, 3.05) is 6.54 Å². The highest BCUT2D eigenvalue weighted by molar-refractivity contribution is 5.76. The Morgan fingerprint density at radius 2 is 1.03 bits per heavy atom. The third kappa shape index (κ3) is 3.96. The summed E-state index contributed by atoms with van der Waals surface area (Å²) in [6.45, 7) is 5.19. The summed E-state index contributed by atoms with van der Waals surface area (Å²) in [5.74, 6) is 5.41. The van der Waals surface area contributed by atoms with Crippen LogP contribution in [0.3, 0.4) is 0 Å². The number of urea groups is 2. The lowest BCUT2D eigenvalue weighted by molar-refractivity contribution is -0.0175. The molecule has 6 heteroatoms. The summed E-state index contributed by atoms with van der Waals surface area (Å²) in [5.41, 5.74) is 0.114. The minimum atomic E-state index is -0.00717. The van der Waals surface area contributed by atoms with Gasteiger partial charge in [-0.05, 0) is 130 Å². The van der Waals surface area contributed by atoms with E-state index in [1.54, 1.807) is 0 Å². The Labute approximate surface area is 210 Å². The van der Waals surface area contributed by atoms with Gasteiger partial charge in [-0.2, -0.15) is 0 Å². The van der Waals surface area contributed by atoms with Crippen LogP contribution >= 0.6 is 0 Å². The molecule has 4 amide bonds. The lowest BCUT2D eigenvalue weighted by atomic mass is 9.53. The van der Waals surface area contributed by atoms with Crippen LogP contribution in [0, 0.1) is 46.8 Å². The Hall–Kier alpha value is -1.46. The minimum Gasteiger partial charge on any atom is -0.338 e. The minimum absolute atomic E-state index is 0.00717. The summed E-state index contributed by atoms with van der Waals surface area (Å²) in [7, 11) is 0. The fraction of sp³-hybridized carbons (Fsp3) is 0.931. The topological polar surface area (TPSA) is 82.3 Å². The molecule has 9 saturated carbocycles. The number of carbonyl (C=O) groups is 2. The molecule has 0 radical (unpaired) electrons. The van der Waals surface area contributed by atoms with Crippen LogP contribution in [-0.4, -0.2) is 35.7 Å². The second-order valence-corrected chi connectivity index (χ2v) is 15.1. The Kier molecular flexibility index (Phi) is 5.04. The molecule has 0 unspecified atom stereocenters. The van der Waals surface area contributed by atoms with Crippen LogP contribution in [0.15, 0.2) is 0 Å². The van der Waals surface area contributed by atoms with E-state index in [4.69, 9.17) is 0 Å². The summed E-state index contributed by atoms with van der Waals surface area (Å²) in [6, 6.07) is 0.240. The predicted molar refractivity (Wildman–Crippen MR) is 136 cm³/mol. The first-order valence-corrected chi connectivity index (χ1v) is 14.8. The second kappa shape index (κ2) is 7.77. The largest absolute Gasteiger partial charge is 0.338 e. The lowest BCUT2D eigenvalue weighted by Crippen LogP contribution is -2.66. The van der Waals surface area contributed by atoms with Gasteiger partial charge in [-0.15, -0.1) is 0 Å². The van der Waals surface area contributed by atoms with E-state index in [-0.39, 0.29) is 34.6 Å². The fourth-order valence-corrected chi connectivity index (χ4v) is 11.1. The van der Waals surface area contributed by atoms with Gasteiger partial charge in [0.25, 0.3) is 0 Å². The summed E-state index contributed by atoms with van der Waals surface area (Å²) >= 11 is 0. The molecule has 35 heavy (non-hydrogen) atoms. The number of rotatable bonds is 5. The molecule has 0 saturated heterocycles. The average Bonchev–Trinajstić information content (AvgIpc) is 2.73. The Balaban J connectivity index is 0.887. The van der Waals surface area contributed by atoms with Gasteiger partial charge < -0.3 is 21.3 Å². The monoisotopic (exact) mass is 482 g/mol. The zero-order valence-electron chi connectivity index (χ0n) is 21.8. The van der Waals surface area contributed by atoms with Gasteiger partial charge >= 0.3 is 12.1 Å². The lowest BCUT2D eigenvalue weighted by Gasteiger charge is -2.57. The molecule has 0 aromatic rings. The third-order valence-electron chi connectivity index (χ3n) is 12.1. The maximum absolute atomic E-state index is 13.0. The molecule has 9 aliphatic rings. The van der Waals surface area contributed by atoms with Crippen molar-refractivity contribution in [3.05, 3.63) is 0 Å². The van der Waals surface area contributed by atoms with Crippen LogP contribution in [-0.2, 0) is 0 Å². The first-order valence-electron chi connectivity index (χ1n) is 14.8. The van der Waals surface area contributed by atoms with Crippen molar-refractivity contribution in [2.45, 2.75) is 114 Å². The highest BCUT2D eigenvalue weighted by atomic mass is 16.2. The molecule has 9 rings (SSSR count). The van der Waals surface area contributed by atoms with Gasteiger partial charge in [-0.3, -0.25) is 0 Å². The molecule has 8 bridgehead atoms. The molecule has 6 nitrogen and oxygen atoms in total. The van der Waals surface area contributed by atoms with E-state index in [0.29, 0.717) is 12.5 Å². The highest BCUT2D eigenvalue weighted by Crippen LogP contribution is 2.57. The van der Waals surface area contributed by atoms with E-state index in [9.17, 15) is 9.59 Å². The Morgan fingerprint density at radius 1 is 0.629 bits per heavy atom. The van der Waals surface area contributed by atoms with Crippen LogP contribution in [0.1, 0.15) is 97.3 Å². The van der Waals surface area contributed by atoms with Gasteiger partial charge in [-0.1, -0.05) is 13.8 Å². The molecule has 9 aliphatic carbocycles. The van der Waals surface area contributed by atoms with Gasteiger partial charge in [0.05, 0.1) is 0 Å². The smallest absolute Gasteiger partial charge is 0.315 e. The summed E-state index contributed by atoms with van der Waals surface area (Å²) in [5, 5.41) is 13.4. The highest BCUT2D eigenvalue weighted by Gasteiger charge is 2.54. The van der Waals surface area contributed by atoms with Crippen molar-refractivity contribution >= 4 is 12.1 Å². The molecule has 0 aromatic carbocycles. The van der Waals surface area contributed by atoms with Crippen molar-refractivity contribution in [1.29, 1.82) is 0 Å². The van der Waals surface area contributed by atoms with E-state index < -0.39 is 0 Å². The number of hydrogen-bond donors (Lipinski definition) is 4. The van der Waals surface area contributed by atoms with Crippen molar-refractivity contribution in [2.24, 2.45) is 46.8 Å². The first-order chi connectivity index (χ1) is 16.7. The second-order valence-electron chi connectivity index (χ2n) is 15.1. The van der Waals surface area contributed by atoms with Crippen molar-refractivity contribution < 1.29 is 9.59 Å². The standard InChI is InChI=1S/C29H46N4O2/c1-27(2)23(16-30-25(34)32-28-10-17-3-18(11-28)5-19(4-17)12-28)9-24(27)31-26(35)33-29-13-20-6-21(14-29)8-22(7-20)15-29/h17-24H,3-16H2,1-2H3,(H2,30,32,34)(H2,31,33,35)/t17?,18?,19?,20?,21?,22?,23-,24-,28?,29?/m1/s1. The zero-order chi connectivity index (χ0) is 24.0. The van der Waals surface area contributed by atoms with Crippen LogP contribution < -0.4 is 21.3 Å². The van der Waals surface area contributed by atoms with Gasteiger partial charge in [0.15, 0.2) is 0 Å². The van der Waals surface area contributed by atoms with E-state index in [2.05, 4.69) is 35.1 Å². The predicted octanol–water partition coefficient (Wildman–Crippen LogP) is 4.94. The SMILES string of the molecule is CC1(C)[C@@H](CNC(=O)NC23CC4CC(CC(C4)C2)C3)C[C@H]1NC(=O)NC12CC3CC(CC(C3)C1)C2. The quantitative estimate of drug-likeness (QED) is 0.448. The molecule has 0 spiro atoms. The van der Waals surface area contributed by atoms with E-state index >= 15 is 0 Å². The van der Waals surface area contributed by atoms with E-state index in [1.807, 2.05) is 0 Å². The van der Waals surface area contributed by atoms with Gasteiger partial charge in [0, 0.05) is 23.7 Å². The van der Waals surface area contributed by atoms with Crippen LogP contribution in [0.5, 0.6) is 0 Å². The molecule has 9 fully saturated rings. The van der Waals surface area contributed by atoms with Crippen LogP contribution in [0.4, 0.5) is 9.59 Å². The summed E-state index contributed by atoms with van der Waals surface area (Å²) in [4.78, 5) is 25.9. The van der Waals surface area contributed by atoms with Gasteiger partial charge in [-0.25, -0.2) is 9.59 Å². The van der Waals surface area contributed by atoms with Crippen molar-refractivity contribution in [3.8, 4) is 0 Å². The molecule has 0 aromatic heterocycles.